The lowest BCUT2D eigenvalue weighted by atomic mass is 10.1. The van der Waals surface area contributed by atoms with E-state index < -0.39 is 0 Å². The van der Waals surface area contributed by atoms with Crippen LogP contribution in [0.1, 0.15) is 29.6 Å². The van der Waals surface area contributed by atoms with Gasteiger partial charge in [-0.15, -0.1) is 11.6 Å². The molecule has 2 heterocycles. The zero-order valence-electron chi connectivity index (χ0n) is 10.4. The van der Waals surface area contributed by atoms with Crippen molar-refractivity contribution in [2.45, 2.75) is 33.1 Å². The third-order valence-electron chi connectivity index (χ3n) is 2.85. The number of halogens is 1. The molecule has 90 valence electrons. The van der Waals surface area contributed by atoms with Gasteiger partial charge >= 0.3 is 0 Å². The molecule has 0 aromatic carbocycles. The molecule has 0 N–H and O–H groups in total. The summed E-state index contributed by atoms with van der Waals surface area (Å²) in [6.45, 7) is 6.15. The Labute approximate surface area is 106 Å². The van der Waals surface area contributed by atoms with Crippen LogP contribution in [0.5, 0.6) is 0 Å². The van der Waals surface area contributed by atoms with Crippen LogP contribution in [-0.2, 0) is 12.3 Å². The number of rotatable bonds is 3. The molecule has 4 heteroatoms. The quantitative estimate of drug-likeness (QED) is 0.783. The minimum absolute atomic E-state index is 0.468. The van der Waals surface area contributed by atoms with E-state index in [9.17, 15) is 0 Å². The molecule has 0 amide bonds. The van der Waals surface area contributed by atoms with Crippen molar-refractivity contribution in [3.63, 3.8) is 0 Å². The van der Waals surface area contributed by atoms with Crippen LogP contribution in [0, 0.1) is 13.8 Å². The Kier molecular flexibility index (Phi) is 3.48. The SMILES string of the molecule is CCc1nccn1-c1nc(C)cc(C)c1CCl. The molecule has 0 fully saturated rings. The number of nitrogens with zero attached hydrogens (tertiary/aromatic N) is 3. The van der Waals surface area contributed by atoms with E-state index in [4.69, 9.17) is 11.6 Å². The first kappa shape index (κ1) is 12.1. The van der Waals surface area contributed by atoms with E-state index in [2.05, 4.69) is 29.9 Å². The fourth-order valence-electron chi connectivity index (χ4n) is 2.00. The van der Waals surface area contributed by atoms with Gasteiger partial charge in [-0.3, -0.25) is 4.57 Å². The first-order valence-corrected chi connectivity index (χ1v) is 6.26. The van der Waals surface area contributed by atoms with Gasteiger partial charge in [0, 0.05) is 30.1 Å². The Morgan fingerprint density at radius 1 is 1.35 bits per heavy atom. The van der Waals surface area contributed by atoms with Gasteiger partial charge in [-0.2, -0.15) is 0 Å². The Morgan fingerprint density at radius 3 is 2.76 bits per heavy atom. The minimum atomic E-state index is 0.468. The summed E-state index contributed by atoms with van der Waals surface area (Å²) in [6, 6.07) is 2.06. The van der Waals surface area contributed by atoms with Crippen LogP contribution in [0.3, 0.4) is 0 Å². The molecule has 2 aromatic heterocycles. The maximum Gasteiger partial charge on any atom is 0.143 e. The molecular formula is C13H16ClN3. The lowest BCUT2D eigenvalue weighted by molar-refractivity contribution is 0.850. The number of imidazole rings is 1. The van der Waals surface area contributed by atoms with Gasteiger partial charge in [0.2, 0.25) is 0 Å². The van der Waals surface area contributed by atoms with E-state index in [-0.39, 0.29) is 0 Å². The van der Waals surface area contributed by atoms with E-state index in [1.807, 2.05) is 17.7 Å². The molecule has 0 atom stereocenters. The van der Waals surface area contributed by atoms with Crippen LogP contribution in [0.15, 0.2) is 18.5 Å². The predicted octanol–water partition coefficient (Wildman–Crippen LogP) is 3.19. The van der Waals surface area contributed by atoms with Crippen molar-refractivity contribution in [2.24, 2.45) is 0 Å². The van der Waals surface area contributed by atoms with E-state index in [1.54, 1.807) is 6.20 Å². The van der Waals surface area contributed by atoms with Crippen molar-refractivity contribution >= 4 is 11.6 Å². The van der Waals surface area contributed by atoms with Gasteiger partial charge in [0.25, 0.3) is 0 Å². The number of hydrogen-bond acceptors (Lipinski definition) is 2. The summed E-state index contributed by atoms with van der Waals surface area (Å²) < 4.78 is 2.03. The van der Waals surface area contributed by atoms with Gasteiger partial charge in [0.15, 0.2) is 0 Å². The highest BCUT2D eigenvalue weighted by atomic mass is 35.5. The molecule has 0 aliphatic rings. The fourth-order valence-corrected chi connectivity index (χ4v) is 2.33. The molecule has 0 aliphatic heterocycles. The number of alkyl halides is 1. The summed E-state index contributed by atoms with van der Waals surface area (Å²) in [7, 11) is 0. The molecule has 0 unspecified atom stereocenters. The molecule has 0 bridgehead atoms. The number of aryl methyl sites for hydroxylation is 3. The molecule has 17 heavy (non-hydrogen) atoms. The zero-order chi connectivity index (χ0) is 12.4. The predicted molar refractivity (Wildman–Crippen MR) is 69.8 cm³/mol. The molecule has 0 saturated carbocycles. The van der Waals surface area contributed by atoms with Gasteiger partial charge in [0.1, 0.15) is 11.6 Å². The maximum absolute atomic E-state index is 6.03. The normalized spacial score (nSPS) is 10.8. The fraction of sp³-hybridized carbons (Fsp3) is 0.385. The largest absolute Gasteiger partial charge is 0.288 e. The van der Waals surface area contributed by atoms with Crippen LogP contribution >= 0.6 is 11.6 Å². The maximum atomic E-state index is 6.03. The summed E-state index contributed by atoms with van der Waals surface area (Å²) in [5.74, 6) is 2.39. The van der Waals surface area contributed by atoms with Crippen LogP contribution in [-0.4, -0.2) is 14.5 Å². The highest BCUT2D eigenvalue weighted by Crippen LogP contribution is 2.21. The Morgan fingerprint density at radius 2 is 2.12 bits per heavy atom. The van der Waals surface area contributed by atoms with E-state index in [0.29, 0.717) is 5.88 Å². The second-order valence-electron chi connectivity index (χ2n) is 4.08. The molecular weight excluding hydrogens is 234 g/mol. The molecule has 0 radical (unpaired) electrons. The Bertz CT molecular complexity index is 531. The lowest BCUT2D eigenvalue weighted by Crippen LogP contribution is -2.07. The topological polar surface area (TPSA) is 30.7 Å². The van der Waals surface area contributed by atoms with E-state index in [1.165, 1.54) is 5.56 Å². The van der Waals surface area contributed by atoms with Crippen molar-refractivity contribution in [3.05, 3.63) is 41.1 Å². The van der Waals surface area contributed by atoms with Crippen LogP contribution < -0.4 is 0 Å². The van der Waals surface area contributed by atoms with Crippen molar-refractivity contribution in [2.75, 3.05) is 0 Å². The van der Waals surface area contributed by atoms with Gasteiger partial charge in [0.05, 0.1) is 5.88 Å². The van der Waals surface area contributed by atoms with Gasteiger partial charge in [-0.05, 0) is 25.5 Å². The first-order chi connectivity index (χ1) is 8.17. The highest BCUT2D eigenvalue weighted by Gasteiger charge is 2.12. The van der Waals surface area contributed by atoms with Crippen molar-refractivity contribution in [1.82, 2.24) is 14.5 Å². The van der Waals surface area contributed by atoms with E-state index in [0.717, 1.165) is 29.3 Å². The van der Waals surface area contributed by atoms with Crippen molar-refractivity contribution < 1.29 is 0 Å². The average Bonchev–Trinajstić information content (AvgIpc) is 2.75. The Balaban J connectivity index is 2.66. The van der Waals surface area contributed by atoms with Crippen molar-refractivity contribution in [3.8, 4) is 5.82 Å². The molecule has 0 spiro atoms. The molecule has 0 aliphatic carbocycles. The molecule has 2 aromatic rings. The third-order valence-corrected chi connectivity index (χ3v) is 3.12. The van der Waals surface area contributed by atoms with Crippen LogP contribution in [0.2, 0.25) is 0 Å². The van der Waals surface area contributed by atoms with Crippen LogP contribution in [0.25, 0.3) is 5.82 Å². The van der Waals surface area contributed by atoms with E-state index >= 15 is 0 Å². The number of hydrogen-bond donors (Lipinski definition) is 0. The first-order valence-electron chi connectivity index (χ1n) is 5.73. The second-order valence-corrected chi connectivity index (χ2v) is 4.35. The van der Waals surface area contributed by atoms with Gasteiger partial charge < -0.3 is 0 Å². The summed E-state index contributed by atoms with van der Waals surface area (Å²) >= 11 is 6.03. The minimum Gasteiger partial charge on any atom is -0.288 e. The highest BCUT2D eigenvalue weighted by molar-refractivity contribution is 6.17. The number of aromatic nitrogens is 3. The number of pyridine rings is 1. The summed E-state index contributed by atoms with van der Waals surface area (Å²) in [5, 5.41) is 0. The monoisotopic (exact) mass is 249 g/mol. The standard InChI is InChI=1S/C13H16ClN3/c1-4-12-15-5-6-17(12)13-11(8-14)9(2)7-10(3)16-13/h5-7H,4,8H2,1-3H3. The molecule has 2 rings (SSSR count). The lowest BCUT2D eigenvalue weighted by Gasteiger charge is -2.13. The van der Waals surface area contributed by atoms with Gasteiger partial charge in [-0.25, -0.2) is 9.97 Å². The Hall–Kier alpha value is -1.35. The zero-order valence-corrected chi connectivity index (χ0v) is 11.1. The molecule has 0 saturated heterocycles. The summed E-state index contributed by atoms with van der Waals surface area (Å²) in [5.41, 5.74) is 3.25. The average molecular weight is 250 g/mol. The second kappa shape index (κ2) is 4.88. The van der Waals surface area contributed by atoms with Crippen LogP contribution in [0.4, 0.5) is 0 Å². The van der Waals surface area contributed by atoms with Gasteiger partial charge in [-0.1, -0.05) is 6.92 Å². The summed E-state index contributed by atoms with van der Waals surface area (Å²) in [6.07, 6.45) is 4.62. The smallest absolute Gasteiger partial charge is 0.143 e. The summed E-state index contributed by atoms with van der Waals surface area (Å²) in [4.78, 5) is 8.92. The third kappa shape index (κ3) is 2.20. The van der Waals surface area contributed by atoms with Crippen molar-refractivity contribution in [1.29, 1.82) is 0 Å². The molecule has 3 nitrogen and oxygen atoms in total.